The zero-order valence-electron chi connectivity index (χ0n) is 12.5. The Kier molecular flexibility index (Phi) is 9.88. The Labute approximate surface area is 125 Å². The van der Waals surface area contributed by atoms with Gasteiger partial charge in [0.05, 0.1) is 20.1 Å². The van der Waals surface area contributed by atoms with Crippen molar-refractivity contribution in [3.63, 3.8) is 0 Å². The molecule has 1 amide bonds. The predicted molar refractivity (Wildman–Crippen MR) is 75.7 cm³/mol. The maximum Gasteiger partial charge on any atom is 0.306 e. The zero-order chi connectivity index (χ0) is 16.3. The quantitative estimate of drug-likeness (QED) is 0.352. The summed E-state index contributed by atoms with van der Waals surface area (Å²) in [5, 5.41) is 2.57. The number of carbonyl (C=O) groups excluding carboxylic acids is 2. The van der Waals surface area contributed by atoms with Crippen LogP contribution in [0.1, 0.15) is 12.8 Å². The monoisotopic (exact) mass is 325 g/mol. The molecule has 0 spiro atoms. The van der Waals surface area contributed by atoms with E-state index in [1.807, 2.05) is 0 Å². The number of carbonyl (C=O) groups is 2. The van der Waals surface area contributed by atoms with Gasteiger partial charge in [-0.1, -0.05) is 0 Å². The zero-order valence-corrected chi connectivity index (χ0v) is 13.4. The molecule has 0 fully saturated rings. The van der Waals surface area contributed by atoms with Gasteiger partial charge in [0.15, 0.2) is 0 Å². The van der Waals surface area contributed by atoms with E-state index in [0.29, 0.717) is 13.2 Å². The van der Waals surface area contributed by atoms with Crippen molar-refractivity contribution in [1.82, 2.24) is 14.3 Å². The molecule has 0 saturated heterocycles. The van der Waals surface area contributed by atoms with Gasteiger partial charge in [0.25, 0.3) is 10.2 Å². The van der Waals surface area contributed by atoms with E-state index in [9.17, 15) is 18.0 Å². The number of esters is 1. The molecule has 0 heterocycles. The van der Waals surface area contributed by atoms with Crippen molar-refractivity contribution in [3.8, 4) is 0 Å². The summed E-state index contributed by atoms with van der Waals surface area (Å²) in [6, 6.07) is 0. The van der Waals surface area contributed by atoms with Gasteiger partial charge in [0.1, 0.15) is 0 Å². The lowest BCUT2D eigenvalue weighted by Gasteiger charge is -2.16. The highest BCUT2D eigenvalue weighted by atomic mass is 32.2. The molecule has 0 rings (SSSR count). The second-order valence-electron chi connectivity index (χ2n) is 4.14. The fourth-order valence-electron chi connectivity index (χ4n) is 1.26. The minimum absolute atomic E-state index is 0.00203. The van der Waals surface area contributed by atoms with Crippen LogP contribution < -0.4 is 10.0 Å². The smallest absolute Gasteiger partial charge is 0.306 e. The lowest BCUT2D eigenvalue weighted by molar-refractivity contribution is -0.140. The standard InChI is InChI=1S/C11H23N3O6S/c1-14(8-5-11(16)20-3)21(17,18)13-6-4-10(15)12-7-9-19-2/h13H,4-9H2,1-3H3,(H,12,15). The summed E-state index contributed by atoms with van der Waals surface area (Å²) < 4.78 is 36.0. The van der Waals surface area contributed by atoms with Crippen LogP contribution in [0.25, 0.3) is 0 Å². The van der Waals surface area contributed by atoms with E-state index in [0.717, 1.165) is 4.31 Å². The number of nitrogens with one attached hydrogen (secondary N) is 2. The molecular weight excluding hydrogens is 302 g/mol. The van der Waals surface area contributed by atoms with Gasteiger partial charge in [-0.2, -0.15) is 12.7 Å². The largest absolute Gasteiger partial charge is 0.469 e. The maximum absolute atomic E-state index is 11.8. The lowest BCUT2D eigenvalue weighted by atomic mass is 10.4. The molecule has 0 bridgehead atoms. The number of nitrogens with zero attached hydrogens (tertiary/aromatic N) is 1. The van der Waals surface area contributed by atoms with Crippen molar-refractivity contribution in [1.29, 1.82) is 0 Å². The summed E-state index contributed by atoms with van der Waals surface area (Å²) in [6.07, 6.45) is -0.0147. The van der Waals surface area contributed by atoms with Crippen LogP contribution in [0.2, 0.25) is 0 Å². The van der Waals surface area contributed by atoms with Gasteiger partial charge in [-0.15, -0.1) is 0 Å². The normalized spacial score (nSPS) is 11.4. The third-order valence-corrected chi connectivity index (χ3v) is 4.11. The van der Waals surface area contributed by atoms with Crippen molar-refractivity contribution < 1.29 is 27.5 Å². The molecule has 0 saturated carbocycles. The van der Waals surface area contributed by atoms with Gasteiger partial charge in [-0.05, 0) is 0 Å². The summed E-state index contributed by atoms with van der Waals surface area (Å²) >= 11 is 0. The van der Waals surface area contributed by atoms with E-state index >= 15 is 0 Å². The summed E-state index contributed by atoms with van der Waals surface area (Å²) in [5.74, 6) is -0.762. The molecular formula is C11H23N3O6S. The van der Waals surface area contributed by atoms with Crippen molar-refractivity contribution in [2.75, 3.05) is 47.5 Å². The minimum Gasteiger partial charge on any atom is -0.469 e. The molecule has 10 heteroatoms. The first-order valence-electron chi connectivity index (χ1n) is 6.37. The molecule has 9 nitrogen and oxygen atoms in total. The Balaban J connectivity index is 4.01. The van der Waals surface area contributed by atoms with Crippen molar-refractivity contribution >= 4 is 22.1 Å². The molecule has 21 heavy (non-hydrogen) atoms. The summed E-state index contributed by atoms with van der Waals surface area (Å²) in [5.41, 5.74) is 0. The highest BCUT2D eigenvalue weighted by Gasteiger charge is 2.18. The third kappa shape index (κ3) is 9.34. The van der Waals surface area contributed by atoms with E-state index in [2.05, 4.69) is 14.8 Å². The van der Waals surface area contributed by atoms with Crippen molar-refractivity contribution in [3.05, 3.63) is 0 Å². The third-order valence-electron chi connectivity index (χ3n) is 2.53. The van der Waals surface area contributed by atoms with E-state index in [-0.39, 0.29) is 31.8 Å². The summed E-state index contributed by atoms with van der Waals surface area (Å²) in [4.78, 5) is 22.3. The average Bonchev–Trinajstić information content (AvgIpc) is 2.44. The SMILES string of the molecule is COCCNC(=O)CCNS(=O)(=O)N(C)CCC(=O)OC. The van der Waals surface area contributed by atoms with Crippen LogP contribution in [0.4, 0.5) is 0 Å². The molecule has 0 atom stereocenters. The second-order valence-corrected chi connectivity index (χ2v) is 6.00. The Hall–Kier alpha value is -1.23. The highest BCUT2D eigenvalue weighted by Crippen LogP contribution is 1.97. The number of hydrogen-bond acceptors (Lipinski definition) is 6. The van der Waals surface area contributed by atoms with Crippen LogP contribution in [0, 0.1) is 0 Å². The summed E-state index contributed by atoms with van der Waals surface area (Å²) in [6.45, 7) is 0.751. The van der Waals surface area contributed by atoms with Crippen LogP contribution in [-0.4, -0.2) is 72.1 Å². The first-order chi connectivity index (χ1) is 9.83. The number of ether oxygens (including phenoxy) is 2. The average molecular weight is 325 g/mol. The molecule has 0 aliphatic heterocycles. The molecule has 0 aromatic carbocycles. The van der Waals surface area contributed by atoms with Crippen LogP contribution in [-0.2, 0) is 29.3 Å². The first kappa shape index (κ1) is 19.8. The van der Waals surface area contributed by atoms with Crippen LogP contribution in [0.3, 0.4) is 0 Å². The van der Waals surface area contributed by atoms with Crippen molar-refractivity contribution in [2.24, 2.45) is 0 Å². The van der Waals surface area contributed by atoms with Gasteiger partial charge < -0.3 is 14.8 Å². The molecule has 124 valence electrons. The molecule has 0 aliphatic carbocycles. The second kappa shape index (κ2) is 10.5. The fraction of sp³-hybridized carbons (Fsp3) is 0.818. The van der Waals surface area contributed by atoms with Gasteiger partial charge in [0, 0.05) is 40.2 Å². The minimum atomic E-state index is -3.71. The predicted octanol–water partition coefficient (Wildman–Crippen LogP) is -1.53. The van der Waals surface area contributed by atoms with Crippen LogP contribution >= 0.6 is 0 Å². The highest BCUT2D eigenvalue weighted by molar-refractivity contribution is 7.87. The van der Waals surface area contributed by atoms with E-state index < -0.39 is 16.2 Å². The number of hydrogen-bond donors (Lipinski definition) is 2. The molecule has 0 aromatic heterocycles. The van der Waals surface area contributed by atoms with Crippen molar-refractivity contribution in [2.45, 2.75) is 12.8 Å². The topological polar surface area (TPSA) is 114 Å². The Morgan fingerprint density at radius 2 is 1.81 bits per heavy atom. The Morgan fingerprint density at radius 3 is 2.38 bits per heavy atom. The van der Waals surface area contributed by atoms with E-state index in [1.54, 1.807) is 0 Å². The number of amides is 1. The molecule has 0 unspecified atom stereocenters. The van der Waals surface area contributed by atoms with E-state index in [4.69, 9.17) is 4.74 Å². The Bertz CT molecular complexity index is 426. The maximum atomic E-state index is 11.8. The van der Waals surface area contributed by atoms with Crippen LogP contribution in [0.15, 0.2) is 0 Å². The van der Waals surface area contributed by atoms with Gasteiger partial charge in [-0.25, -0.2) is 4.72 Å². The van der Waals surface area contributed by atoms with Gasteiger partial charge in [0.2, 0.25) is 5.91 Å². The fourth-order valence-corrected chi connectivity index (χ4v) is 2.17. The molecule has 0 aliphatic rings. The summed E-state index contributed by atoms with van der Waals surface area (Å²) in [7, 11) is 0.375. The molecule has 0 aromatic rings. The van der Waals surface area contributed by atoms with E-state index in [1.165, 1.54) is 21.3 Å². The first-order valence-corrected chi connectivity index (χ1v) is 7.81. The number of rotatable bonds is 11. The number of methoxy groups -OCH3 is 2. The molecule has 0 radical (unpaired) electrons. The van der Waals surface area contributed by atoms with Crippen LogP contribution in [0.5, 0.6) is 0 Å². The molecule has 2 N–H and O–H groups in total. The van der Waals surface area contributed by atoms with Gasteiger partial charge >= 0.3 is 5.97 Å². The lowest BCUT2D eigenvalue weighted by Crippen LogP contribution is -2.41. The van der Waals surface area contributed by atoms with Gasteiger partial charge in [-0.3, -0.25) is 9.59 Å². The Morgan fingerprint density at radius 1 is 1.14 bits per heavy atom.